The van der Waals surface area contributed by atoms with E-state index >= 15 is 0 Å². The fourth-order valence-corrected chi connectivity index (χ4v) is 3.33. The van der Waals surface area contributed by atoms with Gasteiger partial charge in [-0.1, -0.05) is 26.2 Å². The van der Waals surface area contributed by atoms with Gasteiger partial charge in [0.15, 0.2) is 5.11 Å². The average molecular weight is 378 g/mol. The molecule has 1 atom stereocenters. The van der Waals surface area contributed by atoms with Gasteiger partial charge in [-0.25, -0.2) is 0 Å². The van der Waals surface area contributed by atoms with Gasteiger partial charge in [0.2, 0.25) is 5.91 Å². The highest BCUT2D eigenvalue weighted by molar-refractivity contribution is 7.80. The van der Waals surface area contributed by atoms with E-state index in [2.05, 4.69) is 22.5 Å². The molecule has 1 unspecified atom stereocenters. The minimum Gasteiger partial charge on any atom is -0.494 e. The summed E-state index contributed by atoms with van der Waals surface area (Å²) in [6.45, 7) is 4.79. The Balaban J connectivity index is 1.72. The highest BCUT2D eigenvalue weighted by atomic mass is 32.1. The van der Waals surface area contributed by atoms with Gasteiger partial charge in [0.1, 0.15) is 5.75 Å². The van der Waals surface area contributed by atoms with E-state index in [1.165, 1.54) is 19.3 Å². The van der Waals surface area contributed by atoms with Crippen LogP contribution in [0.1, 0.15) is 45.4 Å². The molecule has 1 aliphatic rings. The topological polar surface area (TPSA) is 53.6 Å². The van der Waals surface area contributed by atoms with Crippen molar-refractivity contribution in [1.82, 2.24) is 10.2 Å². The lowest BCUT2D eigenvalue weighted by molar-refractivity contribution is -0.125. The first-order valence-electron chi connectivity index (χ1n) is 9.61. The second-order valence-electron chi connectivity index (χ2n) is 6.98. The van der Waals surface area contributed by atoms with Gasteiger partial charge in [0.25, 0.3) is 0 Å². The Kier molecular flexibility index (Phi) is 8.85. The number of amides is 1. The molecule has 5 nitrogen and oxygen atoms in total. The molecule has 2 N–H and O–H groups in total. The third kappa shape index (κ3) is 7.30. The molecule has 1 aliphatic heterocycles. The van der Waals surface area contributed by atoms with E-state index in [-0.39, 0.29) is 11.8 Å². The van der Waals surface area contributed by atoms with Gasteiger partial charge in [-0.15, -0.1) is 0 Å². The fourth-order valence-electron chi connectivity index (χ4n) is 3.11. The zero-order chi connectivity index (χ0) is 18.8. The molecule has 0 bridgehead atoms. The second-order valence-corrected chi connectivity index (χ2v) is 7.39. The zero-order valence-electron chi connectivity index (χ0n) is 15.9. The lowest BCUT2D eigenvalue weighted by Gasteiger charge is -2.28. The summed E-state index contributed by atoms with van der Waals surface area (Å²) in [5.41, 5.74) is 0.842. The van der Waals surface area contributed by atoms with E-state index in [1.807, 2.05) is 31.3 Å². The predicted octanol–water partition coefficient (Wildman–Crippen LogP) is 3.80. The summed E-state index contributed by atoms with van der Waals surface area (Å²) < 4.78 is 5.73. The predicted molar refractivity (Wildman–Crippen MR) is 111 cm³/mol. The Hall–Kier alpha value is -1.66. The summed E-state index contributed by atoms with van der Waals surface area (Å²) in [5, 5.41) is 6.22. The van der Waals surface area contributed by atoms with Crippen molar-refractivity contribution >= 4 is 28.9 Å². The quantitative estimate of drug-likeness (QED) is 0.533. The first-order chi connectivity index (χ1) is 12.6. The van der Waals surface area contributed by atoms with Gasteiger partial charge in [0, 0.05) is 12.2 Å². The second kappa shape index (κ2) is 11.1. The number of unbranched alkanes of at least 4 members (excludes halogenated alkanes) is 3. The molecular formula is C20H31N3O2S. The van der Waals surface area contributed by atoms with E-state index in [9.17, 15) is 4.79 Å². The van der Waals surface area contributed by atoms with Gasteiger partial charge in [0.05, 0.1) is 12.5 Å². The molecular weight excluding hydrogens is 346 g/mol. The van der Waals surface area contributed by atoms with E-state index < -0.39 is 0 Å². The molecule has 0 aliphatic carbocycles. The molecule has 26 heavy (non-hydrogen) atoms. The average Bonchev–Trinajstić information content (AvgIpc) is 2.63. The lowest BCUT2D eigenvalue weighted by atomic mass is 9.98. The first kappa shape index (κ1) is 20.6. The van der Waals surface area contributed by atoms with Crippen LogP contribution in [0.2, 0.25) is 0 Å². The van der Waals surface area contributed by atoms with Crippen LogP contribution in [-0.4, -0.2) is 42.7 Å². The number of hydrogen-bond acceptors (Lipinski definition) is 4. The SMILES string of the molecule is CCCCCCOc1ccc(NC(=S)NC(=O)C2CCCN(C)C2)cc1. The molecule has 1 heterocycles. The lowest BCUT2D eigenvalue weighted by Crippen LogP contribution is -2.44. The van der Waals surface area contributed by atoms with Crippen molar-refractivity contribution in [3.63, 3.8) is 0 Å². The summed E-state index contributed by atoms with van der Waals surface area (Å²) in [7, 11) is 2.05. The van der Waals surface area contributed by atoms with Crippen molar-refractivity contribution in [3.8, 4) is 5.75 Å². The Morgan fingerprint density at radius 3 is 2.73 bits per heavy atom. The molecule has 1 aromatic rings. The molecule has 2 rings (SSSR count). The van der Waals surface area contributed by atoms with E-state index in [0.717, 1.165) is 50.4 Å². The van der Waals surface area contributed by atoms with Crippen LogP contribution >= 0.6 is 12.2 Å². The van der Waals surface area contributed by atoms with Crippen molar-refractivity contribution in [2.75, 3.05) is 32.1 Å². The van der Waals surface area contributed by atoms with Crippen molar-refractivity contribution < 1.29 is 9.53 Å². The maximum Gasteiger partial charge on any atom is 0.230 e. The molecule has 1 saturated heterocycles. The van der Waals surface area contributed by atoms with E-state index in [1.54, 1.807) is 0 Å². The number of thiocarbonyl (C=S) groups is 1. The molecule has 0 saturated carbocycles. The Bertz CT molecular complexity index is 577. The van der Waals surface area contributed by atoms with Crippen molar-refractivity contribution in [2.24, 2.45) is 5.92 Å². The summed E-state index contributed by atoms with van der Waals surface area (Å²) in [6.07, 6.45) is 6.75. The maximum absolute atomic E-state index is 12.3. The summed E-state index contributed by atoms with van der Waals surface area (Å²) in [4.78, 5) is 14.5. The number of hydrogen-bond donors (Lipinski definition) is 2. The number of rotatable bonds is 8. The maximum atomic E-state index is 12.3. The molecule has 0 spiro atoms. The minimum absolute atomic E-state index is 0.00100. The van der Waals surface area contributed by atoms with Crippen LogP contribution in [0, 0.1) is 5.92 Å². The largest absolute Gasteiger partial charge is 0.494 e. The number of nitrogens with zero attached hydrogens (tertiary/aromatic N) is 1. The van der Waals surface area contributed by atoms with Crippen molar-refractivity contribution in [3.05, 3.63) is 24.3 Å². The van der Waals surface area contributed by atoms with Crippen LogP contribution < -0.4 is 15.4 Å². The van der Waals surface area contributed by atoms with Gasteiger partial charge < -0.3 is 20.3 Å². The number of nitrogens with one attached hydrogen (secondary N) is 2. The number of likely N-dealkylation sites (tertiary alicyclic amines) is 1. The van der Waals surface area contributed by atoms with Crippen LogP contribution in [0.3, 0.4) is 0 Å². The number of carbonyl (C=O) groups excluding carboxylic acids is 1. The summed E-state index contributed by atoms with van der Waals surface area (Å²) >= 11 is 5.27. The number of ether oxygens (including phenoxy) is 1. The van der Waals surface area contributed by atoms with Crippen molar-refractivity contribution in [1.29, 1.82) is 0 Å². The number of carbonyl (C=O) groups is 1. The van der Waals surface area contributed by atoms with Crippen LogP contribution in [0.4, 0.5) is 5.69 Å². The third-order valence-electron chi connectivity index (χ3n) is 4.61. The van der Waals surface area contributed by atoms with Crippen LogP contribution in [0.5, 0.6) is 5.75 Å². The summed E-state index contributed by atoms with van der Waals surface area (Å²) in [6, 6.07) is 7.66. The minimum atomic E-state index is 0.00100. The van der Waals surface area contributed by atoms with E-state index in [0.29, 0.717) is 5.11 Å². The number of benzene rings is 1. The van der Waals surface area contributed by atoms with Gasteiger partial charge in [-0.05, 0) is 69.3 Å². The molecule has 0 radical (unpaired) electrons. The monoisotopic (exact) mass is 377 g/mol. The Morgan fingerprint density at radius 2 is 2.04 bits per heavy atom. The fraction of sp³-hybridized carbons (Fsp3) is 0.600. The highest BCUT2D eigenvalue weighted by Crippen LogP contribution is 2.17. The van der Waals surface area contributed by atoms with Crippen LogP contribution in [-0.2, 0) is 4.79 Å². The van der Waals surface area contributed by atoms with Gasteiger partial charge >= 0.3 is 0 Å². The molecule has 6 heteroatoms. The zero-order valence-corrected chi connectivity index (χ0v) is 16.7. The normalized spacial score (nSPS) is 17.5. The smallest absolute Gasteiger partial charge is 0.230 e. The highest BCUT2D eigenvalue weighted by Gasteiger charge is 2.24. The Labute approximate surface area is 162 Å². The van der Waals surface area contributed by atoms with Gasteiger partial charge in [-0.3, -0.25) is 4.79 Å². The number of piperidine rings is 1. The molecule has 1 fully saturated rings. The number of anilines is 1. The summed E-state index contributed by atoms with van der Waals surface area (Å²) in [5.74, 6) is 0.866. The standard InChI is InChI=1S/C20H31N3O2S/c1-3-4-5-6-14-25-18-11-9-17(10-12-18)21-20(26)22-19(24)16-8-7-13-23(2)15-16/h9-12,16H,3-8,13-15H2,1-2H3,(H2,21,22,24,26). The first-order valence-corrected chi connectivity index (χ1v) is 10.0. The molecule has 144 valence electrons. The molecule has 0 aromatic heterocycles. The Morgan fingerprint density at radius 1 is 1.27 bits per heavy atom. The van der Waals surface area contributed by atoms with Gasteiger partial charge in [-0.2, -0.15) is 0 Å². The third-order valence-corrected chi connectivity index (χ3v) is 4.81. The van der Waals surface area contributed by atoms with Crippen LogP contribution in [0.25, 0.3) is 0 Å². The molecule has 1 amide bonds. The molecule has 1 aromatic carbocycles. The van der Waals surface area contributed by atoms with Crippen molar-refractivity contribution in [2.45, 2.75) is 45.4 Å². The van der Waals surface area contributed by atoms with Crippen LogP contribution in [0.15, 0.2) is 24.3 Å². The van der Waals surface area contributed by atoms with E-state index in [4.69, 9.17) is 17.0 Å².